The molecule has 0 aromatic heterocycles. The highest BCUT2D eigenvalue weighted by molar-refractivity contribution is 5.77. The van der Waals surface area contributed by atoms with Crippen molar-refractivity contribution in [2.45, 2.75) is 58.5 Å². The van der Waals surface area contributed by atoms with E-state index in [4.69, 9.17) is 4.74 Å². The first-order valence-electron chi connectivity index (χ1n) is 9.40. The second-order valence-electron chi connectivity index (χ2n) is 8.60. The van der Waals surface area contributed by atoms with E-state index >= 15 is 0 Å². The van der Waals surface area contributed by atoms with E-state index in [0.29, 0.717) is 32.6 Å². The maximum atomic E-state index is 12.6. The molecule has 0 N–H and O–H groups in total. The Bertz CT molecular complexity index is 612. The van der Waals surface area contributed by atoms with Crippen LogP contribution in [-0.2, 0) is 14.9 Å². The molecule has 1 heterocycles. The van der Waals surface area contributed by atoms with Crippen LogP contribution in [0.2, 0.25) is 0 Å². The summed E-state index contributed by atoms with van der Waals surface area (Å²) in [5.41, 5.74) is 0.727. The molecule has 2 rings (SSSR count). The van der Waals surface area contributed by atoms with E-state index in [9.17, 15) is 9.59 Å². The van der Waals surface area contributed by atoms with Crippen molar-refractivity contribution in [1.29, 1.82) is 0 Å². The summed E-state index contributed by atoms with van der Waals surface area (Å²) in [5, 5.41) is 0. The predicted octanol–water partition coefficient (Wildman–Crippen LogP) is 3.82. The zero-order valence-corrected chi connectivity index (χ0v) is 16.7. The van der Waals surface area contributed by atoms with Crippen molar-refractivity contribution >= 4 is 12.0 Å². The van der Waals surface area contributed by atoms with Gasteiger partial charge >= 0.3 is 6.09 Å². The van der Waals surface area contributed by atoms with Crippen LogP contribution in [0.25, 0.3) is 0 Å². The zero-order valence-electron chi connectivity index (χ0n) is 16.7. The summed E-state index contributed by atoms with van der Waals surface area (Å²) in [5.74, 6) is 0.165. The number of carbonyl (C=O) groups excluding carboxylic acids is 2. The standard InChI is InChI=1S/C21H32N2O3/c1-20(2,3)26-19(25)23-15-13-22(14-16-23)18(24)11-12-21(4,5)17-9-7-6-8-10-17/h6-10H,11-16H2,1-5H3. The van der Waals surface area contributed by atoms with E-state index in [0.717, 1.165) is 6.42 Å². The van der Waals surface area contributed by atoms with Gasteiger partial charge in [0.1, 0.15) is 5.60 Å². The van der Waals surface area contributed by atoms with Crippen LogP contribution in [0.3, 0.4) is 0 Å². The Kier molecular flexibility index (Phi) is 6.32. The number of amides is 2. The topological polar surface area (TPSA) is 49.9 Å². The van der Waals surface area contributed by atoms with Crippen molar-refractivity contribution in [2.24, 2.45) is 0 Å². The molecule has 1 aromatic carbocycles. The normalized spacial score (nSPS) is 15.7. The first-order chi connectivity index (χ1) is 12.1. The molecule has 26 heavy (non-hydrogen) atoms. The maximum absolute atomic E-state index is 12.6. The minimum Gasteiger partial charge on any atom is -0.444 e. The molecule has 0 spiro atoms. The summed E-state index contributed by atoms with van der Waals surface area (Å²) in [6.45, 7) is 12.1. The summed E-state index contributed by atoms with van der Waals surface area (Å²) in [7, 11) is 0. The van der Waals surface area contributed by atoms with Gasteiger partial charge in [0, 0.05) is 32.6 Å². The predicted molar refractivity (Wildman–Crippen MR) is 103 cm³/mol. The van der Waals surface area contributed by atoms with E-state index < -0.39 is 5.60 Å². The van der Waals surface area contributed by atoms with Gasteiger partial charge in [-0.3, -0.25) is 4.79 Å². The molecule has 1 aromatic rings. The SMILES string of the molecule is CC(C)(C)OC(=O)N1CCN(C(=O)CCC(C)(C)c2ccccc2)CC1. The molecular formula is C21H32N2O3. The van der Waals surface area contributed by atoms with Crippen molar-refractivity contribution in [3.8, 4) is 0 Å². The molecule has 1 aliphatic rings. The fraction of sp³-hybridized carbons (Fsp3) is 0.619. The lowest BCUT2D eigenvalue weighted by atomic mass is 9.80. The highest BCUT2D eigenvalue weighted by atomic mass is 16.6. The molecule has 1 aliphatic heterocycles. The van der Waals surface area contributed by atoms with Gasteiger partial charge in [-0.2, -0.15) is 0 Å². The third-order valence-corrected chi connectivity index (χ3v) is 4.80. The van der Waals surface area contributed by atoms with Crippen molar-refractivity contribution in [3.05, 3.63) is 35.9 Å². The molecule has 0 atom stereocenters. The Labute approximate surface area is 157 Å². The molecule has 0 bridgehead atoms. The highest BCUT2D eigenvalue weighted by Crippen LogP contribution is 2.28. The fourth-order valence-corrected chi connectivity index (χ4v) is 3.08. The van der Waals surface area contributed by atoms with Crippen LogP contribution in [0, 0.1) is 0 Å². The van der Waals surface area contributed by atoms with Crippen molar-refractivity contribution in [2.75, 3.05) is 26.2 Å². The number of rotatable bonds is 4. The van der Waals surface area contributed by atoms with E-state index in [2.05, 4.69) is 26.0 Å². The number of benzene rings is 1. The molecule has 2 amide bonds. The largest absolute Gasteiger partial charge is 0.444 e. The summed E-state index contributed by atoms with van der Waals surface area (Å²) in [4.78, 5) is 28.2. The van der Waals surface area contributed by atoms with Gasteiger partial charge in [-0.15, -0.1) is 0 Å². The van der Waals surface area contributed by atoms with Crippen molar-refractivity contribution in [1.82, 2.24) is 9.80 Å². The highest BCUT2D eigenvalue weighted by Gasteiger charge is 2.28. The van der Waals surface area contributed by atoms with Crippen LogP contribution >= 0.6 is 0 Å². The average molecular weight is 360 g/mol. The summed E-state index contributed by atoms with van der Waals surface area (Å²) in [6.07, 6.45) is 1.03. The summed E-state index contributed by atoms with van der Waals surface area (Å²) in [6, 6.07) is 10.3. The molecule has 0 saturated carbocycles. The third-order valence-electron chi connectivity index (χ3n) is 4.80. The lowest BCUT2D eigenvalue weighted by Crippen LogP contribution is -2.51. The average Bonchev–Trinajstić information content (AvgIpc) is 2.59. The fourth-order valence-electron chi connectivity index (χ4n) is 3.08. The Morgan fingerprint density at radius 2 is 1.46 bits per heavy atom. The molecule has 0 aliphatic carbocycles. The first-order valence-corrected chi connectivity index (χ1v) is 9.40. The molecule has 0 radical (unpaired) electrons. The Morgan fingerprint density at radius 3 is 2.00 bits per heavy atom. The molecule has 144 valence electrons. The molecule has 1 saturated heterocycles. The smallest absolute Gasteiger partial charge is 0.410 e. The number of piperazine rings is 1. The molecular weight excluding hydrogens is 328 g/mol. The number of hydrogen-bond donors (Lipinski definition) is 0. The van der Waals surface area contributed by atoms with Crippen LogP contribution in [0.15, 0.2) is 30.3 Å². The number of hydrogen-bond acceptors (Lipinski definition) is 3. The quantitative estimate of drug-likeness (QED) is 0.820. The number of nitrogens with zero attached hydrogens (tertiary/aromatic N) is 2. The Balaban J connectivity index is 1.81. The maximum Gasteiger partial charge on any atom is 0.410 e. The minimum absolute atomic E-state index is 0.0325. The second kappa shape index (κ2) is 8.11. The van der Waals surface area contributed by atoms with Gasteiger partial charge in [0.15, 0.2) is 0 Å². The minimum atomic E-state index is -0.493. The van der Waals surface area contributed by atoms with E-state index in [1.807, 2.05) is 43.9 Å². The lowest BCUT2D eigenvalue weighted by molar-refractivity contribution is -0.133. The van der Waals surface area contributed by atoms with Crippen molar-refractivity contribution < 1.29 is 14.3 Å². The van der Waals surface area contributed by atoms with Gasteiger partial charge in [0.2, 0.25) is 5.91 Å². The van der Waals surface area contributed by atoms with Crippen LogP contribution < -0.4 is 0 Å². The van der Waals surface area contributed by atoms with E-state index in [-0.39, 0.29) is 17.4 Å². The Morgan fingerprint density at radius 1 is 0.923 bits per heavy atom. The van der Waals surface area contributed by atoms with E-state index in [1.165, 1.54) is 5.56 Å². The van der Waals surface area contributed by atoms with Crippen molar-refractivity contribution in [3.63, 3.8) is 0 Å². The zero-order chi connectivity index (χ0) is 19.4. The lowest BCUT2D eigenvalue weighted by Gasteiger charge is -2.36. The van der Waals surface area contributed by atoms with Gasteiger partial charge in [-0.05, 0) is 38.2 Å². The van der Waals surface area contributed by atoms with Crippen LogP contribution in [0.5, 0.6) is 0 Å². The molecule has 0 unspecified atom stereocenters. The molecule has 1 fully saturated rings. The summed E-state index contributed by atoms with van der Waals surface area (Å²) < 4.78 is 5.40. The van der Waals surface area contributed by atoms with Gasteiger partial charge in [0.05, 0.1) is 0 Å². The Hall–Kier alpha value is -2.04. The second-order valence-corrected chi connectivity index (χ2v) is 8.60. The monoisotopic (exact) mass is 360 g/mol. The summed E-state index contributed by atoms with van der Waals surface area (Å²) >= 11 is 0. The van der Waals surface area contributed by atoms with Gasteiger partial charge in [-0.25, -0.2) is 4.79 Å². The molecule has 5 nitrogen and oxygen atoms in total. The number of ether oxygens (including phenoxy) is 1. The first kappa shape index (κ1) is 20.3. The van der Waals surface area contributed by atoms with Crippen LogP contribution in [-0.4, -0.2) is 53.6 Å². The third kappa shape index (κ3) is 5.75. The molecule has 5 heteroatoms. The van der Waals surface area contributed by atoms with E-state index in [1.54, 1.807) is 4.90 Å². The van der Waals surface area contributed by atoms with Crippen LogP contribution in [0.4, 0.5) is 4.79 Å². The number of carbonyl (C=O) groups is 2. The van der Waals surface area contributed by atoms with Gasteiger partial charge < -0.3 is 14.5 Å². The van der Waals surface area contributed by atoms with Gasteiger partial charge in [0.25, 0.3) is 0 Å². The van der Waals surface area contributed by atoms with Gasteiger partial charge in [-0.1, -0.05) is 44.2 Å². The van der Waals surface area contributed by atoms with Crippen LogP contribution in [0.1, 0.15) is 53.0 Å².